The van der Waals surface area contributed by atoms with E-state index in [4.69, 9.17) is 28.3 Å². The molecule has 9 heteroatoms. The fourth-order valence-corrected chi connectivity index (χ4v) is 2.46. The van der Waals surface area contributed by atoms with Crippen LogP contribution in [0.1, 0.15) is 31.1 Å². The third-order valence-electron chi connectivity index (χ3n) is 3.95. The van der Waals surface area contributed by atoms with Crippen molar-refractivity contribution in [3.63, 3.8) is 0 Å². The SMILES string of the molecule is C=C1OB(c2cnc(OC(COC)COC)c(C(=O)OCC)c2)OC1(C)C. The number of esters is 1. The van der Waals surface area contributed by atoms with Crippen LogP contribution < -0.4 is 10.2 Å². The van der Waals surface area contributed by atoms with Crippen molar-refractivity contribution in [2.45, 2.75) is 32.5 Å². The van der Waals surface area contributed by atoms with Crippen LogP contribution in [0.15, 0.2) is 24.6 Å². The molecule has 1 fully saturated rings. The maximum absolute atomic E-state index is 12.4. The lowest BCUT2D eigenvalue weighted by atomic mass is 9.80. The summed E-state index contributed by atoms with van der Waals surface area (Å²) in [7, 11) is 2.40. The number of carbonyl (C=O) groups is 1. The summed E-state index contributed by atoms with van der Waals surface area (Å²) in [6, 6.07) is 1.59. The lowest BCUT2D eigenvalue weighted by Crippen LogP contribution is -2.36. The van der Waals surface area contributed by atoms with Gasteiger partial charge in [0.25, 0.3) is 0 Å². The second-order valence-electron chi connectivity index (χ2n) is 6.49. The standard InChI is InChI=1S/C18H26BNO7/c1-7-24-17(21)15-8-13(19-26-12(2)18(3,4)27-19)9-20-16(15)25-14(10-22-5)11-23-6/h8-9,14H,2,7,10-11H2,1,3-6H3. The van der Waals surface area contributed by atoms with Crippen molar-refractivity contribution < 1.29 is 33.1 Å². The Balaban J connectivity index is 2.31. The van der Waals surface area contributed by atoms with Crippen LogP contribution in [0.3, 0.4) is 0 Å². The Morgan fingerprint density at radius 2 is 2.00 bits per heavy atom. The van der Waals surface area contributed by atoms with Crippen LogP contribution in [0.5, 0.6) is 5.88 Å². The minimum absolute atomic E-state index is 0.132. The Kier molecular flexibility index (Phi) is 7.23. The van der Waals surface area contributed by atoms with Gasteiger partial charge in [0.05, 0.1) is 25.6 Å². The van der Waals surface area contributed by atoms with E-state index in [0.717, 1.165) is 0 Å². The molecule has 8 nitrogen and oxygen atoms in total. The predicted molar refractivity (Wildman–Crippen MR) is 99.1 cm³/mol. The Bertz CT molecular complexity index is 674. The molecule has 0 spiro atoms. The van der Waals surface area contributed by atoms with E-state index in [0.29, 0.717) is 11.2 Å². The number of ether oxygens (including phenoxy) is 4. The molecular weight excluding hydrogens is 353 g/mol. The number of nitrogens with zero attached hydrogens (tertiary/aromatic N) is 1. The molecule has 0 aliphatic carbocycles. The predicted octanol–water partition coefficient (Wildman–Crippen LogP) is 1.33. The molecule has 1 aromatic rings. The van der Waals surface area contributed by atoms with Crippen molar-refractivity contribution in [2.75, 3.05) is 34.0 Å². The molecule has 0 radical (unpaired) electrons. The maximum Gasteiger partial charge on any atom is 0.564 e. The smallest absolute Gasteiger partial charge is 0.534 e. The third-order valence-corrected chi connectivity index (χ3v) is 3.95. The molecule has 1 aliphatic rings. The van der Waals surface area contributed by atoms with Gasteiger partial charge in [-0.05, 0) is 26.8 Å². The van der Waals surface area contributed by atoms with Crippen molar-refractivity contribution in [1.82, 2.24) is 4.98 Å². The average Bonchev–Trinajstić information content (AvgIpc) is 2.89. The van der Waals surface area contributed by atoms with Gasteiger partial charge in [0, 0.05) is 25.9 Å². The molecule has 0 unspecified atom stereocenters. The van der Waals surface area contributed by atoms with Gasteiger partial charge in [-0.3, -0.25) is 0 Å². The molecule has 0 aromatic carbocycles. The van der Waals surface area contributed by atoms with E-state index < -0.39 is 24.8 Å². The van der Waals surface area contributed by atoms with E-state index >= 15 is 0 Å². The zero-order valence-electron chi connectivity index (χ0n) is 16.4. The molecular formula is C18H26BNO7. The third kappa shape index (κ3) is 5.21. The molecule has 148 valence electrons. The highest BCUT2D eigenvalue weighted by molar-refractivity contribution is 6.62. The highest BCUT2D eigenvalue weighted by atomic mass is 16.7. The van der Waals surface area contributed by atoms with Gasteiger partial charge in [-0.15, -0.1) is 0 Å². The first-order chi connectivity index (χ1) is 12.8. The van der Waals surface area contributed by atoms with E-state index in [9.17, 15) is 4.79 Å². The number of aromatic nitrogens is 1. The summed E-state index contributed by atoms with van der Waals surface area (Å²) in [6.07, 6.45) is 1.11. The first kappa shape index (κ1) is 21.2. The number of hydrogen-bond acceptors (Lipinski definition) is 8. The monoisotopic (exact) mass is 379 g/mol. The zero-order chi connectivity index (χ0) is 20.0. The molecule has 1 saturated heterocycles. The van der Waals surface area contributed by atoms with Crippen LogP contribution in [-0.4, -0.2) is 63.8 Å². The van der Waals surface area contributed by atoms with E-state index in [1.165, 1.54) is 6.20 Å². The molecule has 0 amide bonds. The Morgan fingerprint density at radius 1 is 1.33 bits per heavy atom. The quantitative estimate of drug-likeness (QED) is 0.469. The van der Waals surface area contributed by atoms with Gasteiger partial charge in [0.15, 0.2) is 0 Å². The lowest BCUT2D eigenvalue weighted by Gasteiger charge is -2.19. The largest absolute Gasteiger partial charge is 0.564 e. The molecule has 1 aliphatic heterocycles. The number of methoxy groups -OCH3 is 2. The summed E-state index contributed by atoms with van der Waals surface area (Å²) in [5.74, 6) is 0.0877. The van der Waals surface area contributed by atoms with Crippen LogP contribution >= 0.6 is 0 Å². The van der Waals surface area contributed by atoms with Crippen molar-refractivity contribution in [3.8, 4) is 5.88 Å². The highest BCUT2D eigenvalue weighted by Crippen LogP contribution is 2.29. The number of carbonyl (C=O) groups excluding carboxylic acids is 1. The highest BCUT2D eigenvalue weighted by Gasteiger charge is 2.43. The molecule has 1 aromatic heterocycles. The normalized spacial score (nSPS) is 15.8. The topological polar surface area (TPSA) is 85.3 Å². The molecule has 0 saturated carbocycles. The molecule has 0 atom stereocenters. The van der Waals surface area contributed by atoms with Gasteiger partial charge < -0.3 is 28.3 Å². The van der Waals surface area contributed by atoms with E-state index in [1.807, 2.05) is 13.8 Å². The second-order valence-corrected chi connectivity index (χ2v) is 6.49. The number of pyridine rings is 1. The van der Waals surface area contributed by atoms with Crippen molar-refractivity contribution in [3.05, 3.63) is 30.2 Å². The van der Waals surface area contributed by atoms with Gasteiger partial charge in [0.2, 0.25) is 5.88 Å². The molecule has 0 N–H and O–H groups in total. The zero-order valence-corrected chi connectivity index (χ0v) is 16.4. The fraction of sp³-hybridized carbons (Fsp3) is 0.556. The Labute approximate surface area is 159 Å². The Morgan fingerprint density at radius 3 is 2.52 bits per heavy atom. The van der Waals surface area contributed by atoms with Gasteiger partial charge >= 0.3 is 13.1 Å². The van der Waals surface area contributed by atoms with Gasteiger partial charge in [-0.25, -0.2) is 9.78 Å². The first-order valence-corrected chi connectivity index (χ1v) is 8.67. The van der Waals surface area contributed by atoms with Gasteiger partial charge in [-0.1, -0.05) is 6.58 Å². The summed E-state index contributed by atoms with van der Waals surface area (Å²) in [5.41, 5.74) is 0.104. The summed E-state index contributed by atoms with van der Waals surface area (Å²) >= 11 is 0. The van der Waals surface area contributed by atoms with E-state index in [-0.39, 0.29) is 31.3 Å². The minimum Gasteiger partial charge on any atom is -0.534 e. The summed E-state index contributed by atoms with van der Waals surface area (Å²) < 4.78 is 32.7. The van der Waals surface area contributed by atoms with Crippen molar-refractivity contribution >= 4 is 18.6 Å². The summed E-state index contributed by atoms with van der Waals surface area (Å²) in [4.78, 5) is 16.7. The summed E-state index contributed by atoms with van der Waals surface area (Å²) in [5, 5.41) is 0. The van der Waals surface area contributed by atoms with Crippen molar-refractivity contribution in [1.29, 1.82) is 0 Å². The second kappa shape index (κ2) is 9.21. The van der Waals surface area contributed by atoms with Crippen LogP contribution in [0.2, 0.25) is 0 Å². The van der Waals surface area contributed by atoms with Crippen molar-refractivity contribution in [2.24, 2.45) is 0 Å². The van der Waals surface area contributed by atoms with Crippen LogP contribution in [-0.2, 0) is 23.5 Å². The van der Waals surface area contributed by atoms with Gasteiger partial charge in [0.1, 0.15) is 17.3 Å². The number of rotatable bonds is 9. The average molecular weight is 379 g/mol. The van der Waals surface area contributed by atoms with Gasteiger partial charge in [-0.2, -0.15) is 0 Å². The molecule has 2 rings (SSSR count). The summed E-state index contributed by atoms with van der Waals surface area (Å²) in [6.45, 7) is 10.1. The van der Waals surface area contributed by atoms with Crippen LogP contribution in [0, 0.1) is 0 Å². The Hall–Kier alpha value is -2.10. The fourth-order valence-electron chi connectivity index (χ4n) is 2.46. The van der Waals surface area contributed by atoms with Crippen LogP contribution in [0.25, 0.3) is 0 Å². The maximum atomic E-state index is 12.4. The van der Waals surface area contributed by atoms with Crippen LogP contribution in [0.4, 0.5) is 0 Å². The molecule has 0 bridgehead atoms. The molecule has 27 heavy (non-hydrogen) atoms. The first-order valence-electron chi connectivity index (χ1n) is 8.67. The minimum atomic E-state index is -0.712. The number of hydrogen-bond donors (Lipinski definition) is 0. The van der Waals surface area contributed by atoms with E-state index in [2.05, 4.69) is 11.6 Å². The van der Waals surface area contributed by atoms with E-state index in [1.54, 1.807) is 27.2 Å². The lowest BCUT2D eigenvalue weighted by molar-refractivity contribution is 0.0204. The molecule has 2 heterocycles.